The molecule has 0 aliphatic carbocycles. The van der Waals surface area contributed by atoms with E-state index in [2.05, 4.69) is 37.0 Å². The normalized spacial score (nSPS) is 15.0. The van der Waals surface area contributed by atoms with E-state index in [1.54, 1.807) is 5.48 Å². The number of hydrogen-bond donors (Lipinski definition) is 3. The molecule has 3 aromatic rings. The minimum Gasteiger partial charge on any atom is -0.350 e. The molecule has 4 rings (SSSR count). The smallest absolute Gasteiger partial charge is 0.277 e. The molecule has 0 saturated carbocycles. The van der Waals surface area contributed by atoms with Gasteiger partial charge in [-0.3, -0.25) is 10.0 Å². The average Bonchev–Trinajstić information content (AvgIpc) is 3.10. The SMILES string of the molecule is Cn1cc(CNCC2CCN(c3ncc(C(=O)NO)cn3)CC2)c2c(Cl)cccc21. The third-order valence-corrected chi connectivity index (χ3v) is 6.00. The Bertz CT molecular complexity index is 1030. The van der Waals surface area contributed by atoms with Crippen molar-refractivity contribution in [3.63, 3.8) is 0 Å². The number of aromatic nitrogens is 3. The summed E-state index contributed by atoms with van der Waals surface area (Å²) in [5, 5.41) is 14.2. The van der Waals surface area contributed by atoms with Gasteiger partial charge in [-0.2, -0.15) is 0 Å². The van der Waals surface area contributed by atoms with Crippen molar-refractivity contribution < 1.29 is 10.0 Å². The van der Waals surface area contributed by atoms with Crippen LogP contribution in [0.15, 0.2) is 36.8 Å². The van der Waals surface area contributed by atoms with Crippen molar-refractivity contribution in [3.8, 4) is 0 Å². The monoisotopic (exact) mass is 428 g/mol. The van der Waals surface area contributed by atoms with Crippen LogP contribution in [0.2, 0.25) is 5.02 Å². The second-order valence-electron chi connectivity index (χ2n) is 7.67. The number of rotatable bonds is 6. The fourth-order valence-corrected chi connectivity index (χ4v) is 4.33. The van der Waals surface area contributed by atoms with Gasteiger partial charge in [0.15, 0.2) is 0 Å². The van der Waals surface area contributed by atoms with Crippen molar-refractivity contribution in [2.24, 2.45) is 13.0 Å². The number of carbonyl (C=O) groups is 1. The highest BCUT2D eigenvalue weighted by atomic mass is 35.5. The Balaban J connectivity index is 1.28. The minimum absolute atomic E-state index is 0.230. The third-order valence-electron chi connectivity index (χ3n) is 5.69. The highest BCUT2D eigenvalue weighted by Crippen LogP contribution is 2.28. The topological polar surface area (TPSA) is 95.3 Å². The van der Waals surface area contributed by atoms with E-state index in [0.717, 1.165) is 54.9 Å². The summed E-state index contributed by atoms with van der Waals surface area (Å²) in [6, 6.07) is 6.01. The van der Waals surface area contributed by atoms with Gasteiger partial charge in [0.1, 0.15) is 0 Å². The van der Waals surface area contributed by atoms with E-state index in [0.29, 0.717) is 11.9 Å². The molecule has 1 saturated heterocycles. The Morgan fingerprint density at radius 3 is 2.70 bits per heavy atom. The molecule has 0 unspecified atom stereocenters. The first-order valence-corrected chi connectivity index (χ1v) is 10.4. The Hall–Kier alpha value is -2.68. The Morgan fingerprint density at radius 2 is 2.00 bits per heavy atom. The summed E-state index contributed by atoms with van der Waals surface area (Å²) in [6.45, 7) is 3.49. The zero-order valence-corrected chi connectivity index (χ0v) is 17.6. The lowest BCUT2D eigenvalue weighted by molar-refractivity contribution is 0.0705. The van der Waals surface area contributed by atoms with Gasteiger partial charge in [0.2, 0.25) is 5.95 Å². The zero-order chi connectivity index (χ0) is 21.1. The predicted octanol–water partition coefficient (Wildman–Crippen LogP) is 2.75. The van der Waals surface area contributed by atoms with Crippen LogP contribution in [0.5, 0.6) is 0 Å². The molecule has 0 bridgehead atoms. The summed E-state index contributed by atoms with van der Waals surface area (Å²) in [7, 11) is 2.04. The van der Waals surface area contributed by atoms with Crippen molar-refractivity contribution in [2.45, 2.75) is 19.4 Å². The van der Waals surface area contributed by atoms with Crippen LogP contribution in [-0.4, -0.2) is 45.3 Å². The molecule has 158 valence electrons. The molecule has 1 fully saturated rings. The lowest BCUT2D eigenvalue weighted by Gasteiger charge is -2.32. The fourth-order valence-electron chi connectivity index (χ4n) is 4.04. The van der Waals surface area contributed by atoms with Crippen molar-refractivity contribution in [3.05, 3.63) is 52.9 Å². The lowest BCUT2D eigenvalue weighted by atomic mass is 9.97. The van der Waals surface area contributed by atoms with Gasteiger partial charge in [-0.15, -0.1) is 0 Å². The number of halogens is 1. The summed E-state index contributed by atoms with van der Waals surface area (Å²) >= 11 is 6.42. The third kappa shape index (κ3) is 4.26. The van der Waals surface area contributed by atoms with Gasteiger partial charge in [0, 0.05) is 56.2 Å². The molecule has 3 N–H and O–H groups in total. The van der Waals surface area contributed by atoms with Crippen LogP contribution in [0, 0.1) is 5.92 Å². The summed E-state index contributed by atoms with van der Waals surface area (Å²) < 4.78 is 2.12. The first kappa shape index (κ1) is 20.6. The molecular formula is C21H25ClN6O2. The van der Waals surface area contributed by atoms with Crippen LogP contribution in [0.1, 0.15) is 28.8 Å². The lowest BCUT2D eigenvalue weighted by Crippen LogP contribution is -2.38. The minimum atomic E-state index is -0.612. The quantitative estimate of drug-likeness (QED) is 0.412. The molecule has 30 heavy (non-hydrogen) atoms. The Labute approximate surface area is 179 Å². The van der Waals surface area contributed by atoms with Crippen molar-refractivity contribution in [1.82, 2.24) is 25.3 Å². The number of piperidine rings is 1. The highest BCUT2D eigenvalue weighted by molar-refractivity contribution is 6.35. The summed E-state index contributed by atoms with van der Waals surface area (Å²) in [4.78, 5) is 22.0. The molecule has 1 amide bonds. The molecular weight excluding hydrogens is 404 g/mol. The number of fused-ring (bicyclic) bond motifs is 1. The van der Waals surface area contributed by atoms with Crippen LogP contribution in [0.25, 0.3) is 10.9 Å². The predicted molar refractivity (Wildman–Crippen MR) is 116 cm³/mol. The summed E-state index contributed by atoms with van der Waals surface area (Å²) in [5.74, 6) is 0.589. The van der Waals surface area contributed by atoms with Gasteiger partial charge in [-0.05, 0) is 43.0 Å². The molecule has 1 aromatic carbocycles. The highest BCUT2D eigenvalue weighted by Gasteiger charge is 2.21. The van der Waals surface area contributed by atoms with E-state index in [-0.39, 0.29) is 5.56 Å². The van der Waals surface area contributed by atoms with Crippen molar-refractivity contribution >= 4 is 34.4 Å². The Kier molecular flexibility index (Phi) is 6.17. The second kappa shape index (κ2) is 8.99. The average molecular weight is 429 g/mol. The molecule has 0 radical (unpaired) electrons. The van der Waals surface area contributed by atoms with Crippen LogP contribution in [-0.2, 0) is 13.6 Å². The van der Waals surface area contributed by atoms with E-state index in [4.69, 9.17) is 16.8 Å². The standard InChI is InChI=1S/C21H25ClN6O2/c1-27-13-16(19-17(22)3-2-4-18(19)27)10-23-9-14-5-7-28(8-6-14)21-24-11-15(12-25-21)20(29)26-30/h2-4,11-14,23,30H,5-10H2,1H3,(H,26,29). The number of nitrogens with one attached hydrogen (secondary N) is 2. The molecule has 1 aliphatic heterocycles. The number of anilines is 1. The maximum atomic E-state index is 11.4. The van der Waals surface area contributed by atoms with Crippen LogP contribution >= 0.6 is 11.6 Å². The molecule has 0 atom stereocenters. The number of amides is 1. The number of aryl methyl sites for hydroxylation is 1. The van der Waals surface area contributed by atoms with Crippen molar-refractivity contribution in [2.75, 3.05) is 24.5 Å². The molecule has 2 aromatic heterocycles. The molecule has 9 heteroatoms. The zero-order valence-electron chi connectivity index (χ0n) is 16.8. The maximum absolute atomic E-state index is 11.4. The second-order valence-corrected chi connectivity index (χ2v) is 8.08. The fraction of sp³-hybridized carbons (Fsp3) is 0.381. The number of benzene rings is 1. The maximum Gasteiger partial charge on any atom is 0.277 e. The van der Waals surface area contributed by atoms with Crippen LogP contribution in [0.3, 0.4) is 0 Å². The molecule has 0 spiro atoms. The summed E-state index contributed by atoms with van der Waals surface area (Å²) in [6.07, 6.45) is 7.09. The van der Waals surface area contributed by atoms with Gasteiger partial charge < -0.3 is 14.8 Å². The van der Waals surface area contributed by atoms with E-state index < -0.39 is 5.91 Å². The van der Waals surface area contributed by atoms with E-state index >= 15 is 0 Å². The van der Waals surface area contributed by atoms with Gasteiger partial charge in [0.05, 0.1) is 10.6 Å². The van der Waals surface area contributed by atoms with E-state index in [1.165, 1.54) is 18.0 Å². The van der Waals surface area contributed by atoms with E-state index in [9.17, 15) is 4.79 Å². The first-order valence-electron chi connectivity index (χ1n) is 10.0. The van der Waals surface area contributed by atoms with Gasteiger partial charge in [0.25, 0.3) is 5.91 Å². The number of hydrogen-bond acceptors (Lipinski definition) is 6. The summed E-state index contributed by atoms with van der Waals surface area (Å²) in [5.41, 5.74) is 4.18. The van der Waals surface area contributed by atoms with E-state index in [1.807, 2.05) is 19.2 Å². The first-order chi connectivity index (χ1) is 14.6. The largest absolute Gasteiger partial charge is 0.350 e. The molecule has 8 nitrogen and oxygen atoms in total. The van der Waals surface area contributed by atoms with Gasteiger partial charge in [-0.1, -0.05) is 17.7 Å². The van der Waals surface area contributed by atoms with Crippen molar-refractivity contribution in [1.29, 1.82) is 0 Å². The number of carbonyl (C=O) groups excluding carboxylic acids is 1. The van der Waals surface area contributed by atoms with Gasteiger partial charge >= 0.3 is 0 Å². The Morgan fingerprint density at radius 1 is 1.27 bits per heavy atom. The molecule has 1 aliphatic rings. The van der Waals surface area contributed by atoms with Crippen LogP contribution in [0.4, 0.5) is 5.95 Å². The number of hydroxylamine groups is 1. The van der Waals surface area contributed by atoms with Crippen LogP contribution < -0.4 is 15.7 Å². The molecule has 3 heterocycles. The number of nitrogens with zero attached hydrogens (tertiary/aromatic N) is 4. The van der Waals surface area contributed by atoms with Gasteiger partial charge in [-0.25, -0.2) is 15.4 Å².